The molecule has 0 unspecified atom stereocenters. The van der Waals surface area contributed by atoms with E-state index in [-0.39, 0.29) is 35.9 Å². The molecule has 0 saturated carbocycles. The van der Waals surface area contributed by atoms with E-state index >= 15 is 0 Å². The van der Waals surface area contributed by atoms with Gasteiger partial charge in [0.2, 0.25) is 5.91 Å². The Hall–Kier alpha value is -3.36. The molecule has 0 aliphatic carbocycles. The first kappa shape index (κ1) is 16.5. The van der Waals surface area contributed by atoms with Crippen LogP contribution in [0.1, 0.15) is 17.9 Å². The molecule has 9 nitrogen and oxygen atoms in total. The van der Waals surface area contributed by atoms with Crippen molar-refractivity contribution >= 4 is 11.6 Å². The molecular weight excluding hydrogens is 324 g/mol. The summed E-state index contributed by atoms with van der Waals surface area (Å²) in [5.41, 5.74) is 1.23. The van der Waals surface area contributed by atoms with Crippen LogP contribution >= 0.6 is 0 Å². The average Bonchev–Trinajstić information content (AvgIpc) is 3.02. The maximum Gasteiger partial charge on any atom is 0.266 e. The molecule has 0 aliphatic heterocycles. The number of anilines is 1. The lowest BCUT2D eigenvalue weighted by Crippen LogP contribution is -2.24. The molecule has 9 heteroatoms. The third kappa shape index (κ3) is 3.77. The molecule has 1 N–H and O–H groups in total. The molecule has 128 valence electrons. The summed E-state index contributed by atoms with van der Waals surface area (Å²) < 4.78 is 6.34. The fraction of sp³-hybridized carbons (Fsp3) is 0.250. The van der Waals surface area contributed by atoms with Gasteiger partial charge in [0.05, 0.1) is 17.7 Å². The highest BCUT2D eigenvalue weighted by Gasteiger charge is 2.14. The van der Waals surface area contributed by atoms with Crippen LogP contribution in [0.25, 0.3) is 11.5 Å². The van der Waals surface area contributed by atoms with Gasteiger partial charge in [-0.25, -0.2) is 4.98 Å². The van der Waals surface area contributed by atoms with Gasteiger partial charge in [0.15, 0.2) is 5.82 Å². The quantitative estimate of drug-likeness (QED) is 0.745. The van der Waals surface area contributed by atoms with Gasteiger partial charge < -0.3 is 9.84 Å². The second-order valence-corrected chi connectivity index (χ2v) is 5.39. The van der Waals surface area contributed by atoms with E-state index in [1.165, 1.54) is 17.1 Å². The summed E-state index contributed by atoms with van der Waals surface area (Å²) in [4.78, 5) is 36.7. The number of carbonyl (C=O) groups is 1. The van der Waals surface area contributed by atoms with Crippen LogP contribution in [0.4, 0.5) is 5.69 Å². The van der Waals surface area contributed by atoms with Crippen LogP contribution in [-0.2, 0) is 11.3 Å². The highest BCUT2D eigenvalue weighted by Crippen LogP contribution is 2.12. The van der Waals surface area contributed by atoms with Crippen molar-refractivity contribution in [2.75, 3.05) is 5.32 Å². The highest BCUT2D eigenvalue weighted by molar-refractivity contribution is 5.91. The Kier molecular flexibility index (Phi) is 4.64. The fourth-order valence-corrected chi connectivity index (χ4v) is 2.21. The zero-order chi connectivity index (χ0) is 17.8. The smallest absolute Gasteiger partial charge is 0.266 e. The molecule has 0 aliphatic rings. The van der Waals surface area contributed by atoms with Gasteiger partial charge in [0, 0.05) is 25.4 Å². The molecule has 0 radical (unpaired) electrons. The van der Waals surface area contributed by atoms with Crippen LogP contribution in [0.5, 0.6) is 0 Å². The molecule has 25 heavy (non-hydrogen) atoms. The Balaban J connectivity index is 1.70. The normalized spacial score (nSPS) is 10.6. The zero-order valence-electron chi connectivity index (χ0n) is 13.8. The second-order valence-electron chi connectivity index (χ2n) is 5.39. The monoisotopic (exact) mass is 340 g/mol. The van der Waals surface area contributed by atoms with Crippen molar-refractivity contribution in [2.24, 2.45) is 0 Å². The first-order chi connectivity index (χ1) is 12.0. The maximum absolute atomic E-state index is 12.5. The summed E-state index contributed by atoms with van der Waals surface area (Å²) in [6, 6.07) is 3.51. The molecule has 1 amide bonds. The molecule has 0 fully saturated rings. The minimum atomic E-state index is -0.344. The van der Waals surface area contributed by atoms with Gasteiger partial charge >= 0.3 is 0 Å². The summed E-state index contributed by atoms with van der Waals surface area (Å²) in [5.74, 6) is 0.317. The third-order valence-corrected chi connectivity index (χ3v) is 3.52. The summed E-state index contributed by atoms with van der Waals surface area (Å²) >= 11 is 0. The molecule has 0 bridgehead atoms. The summed E-state index contributed by atoms with van der Waals surface area (Å²) in [5, 5.41) is 6.43. The third-order valence-electron chi connectivity index (χ3n) is 3.52. The predicted octanol–water partition coefficient (Wildman–Crippen LogP) is 1.33. The van der Waals surface area contributed by atoms with E-state index in [0.29, 0.717) is 11.5 Å². The van der Waals surface area contributed by atoms with Crippen LogP contribution in [0.2, 0.25) is 0 Å². The topological polar surface area (TPSA) is 116 Å². The molecule has 3 rings (SSSR count). The number of hydrogen-bond acceptors (Lipinski definition) is 7. The number of hydrogen-bond donors (Lipinski definition) is 1. The van der Waals surface area contributed by atoms with Crippen molar-refractivity contribution in [3.63, 3.8) is 0 Å². The summed E-state index contributed by atoms with van der Waals surface area (Å²) in [6.45, 7) is 3.64. The fourth-order valence-electron chi connectivity index (χ4n) is 2.21. The molecule has 0 aromatic carbocycles. The number of rotatable bonds is 5. The van der Waals surface area contributed by atoms with E-state index in [9.17, 15) is 9.59 Å². The lowest BCUT2D eigenvalue weighted by atomic mass is 10.3. The van der Waals surface area contributed by atoms with Crippen molar-refractivity contribution in [3.05, 3.63) is 52.7 Å². The van der Waals surface area contributed by atoms with E-state index in [0.717, 1.165) is 5.69 Å². The minimum Gasteiger partial charge on any atom is -0.334 e. The minimum absolute atomic E-state index is 0.111. The van der Waals surface area contributed by atoms with E-state index in [4.69, 9.17) is 4.52 Å². The van der Waals surface area contributed by atoms with Gasteiger partial charge in [-0.15, -0.1) is 0 Å². The van der Waals surface area contributed by atoms with Gasteiger partial charge in [0.1, 0.15) is 5.56 Å². The number of nitrogens with zero attached hydrogens (tertiary/aromatic N) is 5. The van der Waals surface area contributed by atoms with Crippen LogP contribution < -0.4 is 10.9 Å². The van der Waals surface area contributed by atoms with Gasteiger partial charge in [-0.1, -0.05) is 5.16 Å². The standard InChI is InChI=1S/C16H16N6O3/c1-10-13(4-3-6-18-10)20-14(23)5-7-22-9-17-8-12(16(22)24)15-19-11(2)21-25-15/h3-4,6,8-9H,5,7H2,1-2H3,(H,20,23). The number of nitrogens with one attached hydrogen (secondary N) is 1. The predicted molar refractivity (Wildman–Crippen MR) is 88.7 cm³/mol. The summed E-state index contributed by atoms with van der Waals surface area (Å²) in [7, 11) is 0. The van der Waals surface area contributed by atoms with Crippen LogP contribution in [0.15, 0.2) is 40.2 Å². The Bertz CT molecular complexity index is 962. The van der Waals surface area contributed by atoms with E-state index in [2.05, 4.69) is 25.4 Å². The molecule has 3 heterocycles. The molecule has 3 aromatic rings. The van der Waals surface area contributed by atoms with Crippen molar-refractivity contribution in [2.45, 2.75) is 26.8 Å². The van der Waals surface area contributed by atoms with E-state index < -0.39 is 0 Å². The molecule has 0 atom stereocenters. The summed E-state index contributed by atoms with van der Waals surface area (Å²) in [6.07, 6.45) is 4.51. The Morgan fingerprint density at radius 2 is 2.20 bits per heavy atom. The first-order valence-corrected chi connectivity index (χ1v) is 7.61. The van der Waals surface area contributed by atoms with Crippen LogP contribution in [-0.4, -0.2) is 30.6 Å². The zero-order valence-corrected chi connectivity index (χ0v) is 13.8. The molecule has 3 aromatic heterocycles. The average molecular weight is 340 g/mol. The van der Waals surface area contributed by atoms with Gasteiger partial charge in [0.25, 0.3) is 11.4 Å². The lowest BCUT2D eigenvalue weighted by molar-refractivity contribution is -0.116. The molecular formula is C16H16N6O3. The SMILES string of the molecule is Cc1noc(-c2cncn(CCC(=O)Nc3cccnc3C)c2=O)n1. The van der Waals surface area contributed by atoms with Crippen molar-refractivity contribution in [1.82, 2.24) is 24.7 Å². The number of pyridine rings is 1. The van der Waals surface area contributed by atoms with Crippen molar-refractivity contribution in [3.8, 4) is 11.5 Å². The lowest BCUT2D eigenvalue weighted by Gasteiger charge is -2.08. The highest BCUT2D eigenvalue weighted by atomic mass is 16.5. The number of carbonyl (C=O) groups excluding carboxylic acids is 1. The van der Waals surface area contributed by atoms with Crippen LogP contribution in [0.3, 0.4) is 0 Å². The van der Waals surface area contributed by atoms with Crippen molar-refractivity contribution < 1.29 is 9.32 Å². The second kappa shape index (κ2) is 7.04. The van der Waals surface area contributed by atoms with Crippen molar-refractivity contribution in [1.29, 1.82) is 0 Å². The molecule has 0 spiro atoms. The van der Waals surface area contributed by atoms with Crippen LogP contribution in [0, 0.1) is 13.8 Å². The Morgan fingerprint density at radius 1 is 1.36 bits per heavy atom. The maximum atomic E-state index is 12.5. The number of aromatic nitrogens is 5. The number of amides is 1. The van der Waals surface area contributed by atoms with E-state index in [1.807, 2.05) is 0 Å². The first-order valence-electron chi connectivity index (χ1n) is 7.61. The Morgan fingerprint density at radius 3 is 2.92 bits per heavy atom. The van der Waals surface area contributed by atoms with E-state index in [1.54, 1.807) is 32.2 Å². The number of aryl methyl sites for hydroxylation is 3. The Labute approximate surface area is 142 Å². The molecule has 0 saturated heterocycles. The van der Waals surface area contributed by atoms with Gasteiger partial charge in [-0.3, -0.25) is 19.1 Å². The van der Waals surface area contributed by atoms with Gasteiger partial charge in [-0.05, 0) is 26.0 Å². The van der Waals surface area contributed by atoms with Gasteiger partial charge in [-0.2, -0.15) is 4.98 Å². The largest absolute Gasteiger partial charge is 0.334 e.